The van der Waals surface area contributed by atoms with Crippen LogP contribution in [0.1, 0.15) is 47.8 Å². The maximum atomic E-state index is 13.5. The number of aryl methyl sites for hydroxylation is 1. The van der Waals surface area contributed by atoms with Crippen molar-refractivity contribution in [3.63, 3.8) is 0 Å². The minimum Gasteiger partial charge on any atom is -0.322 e. The lowest BCUT2D eigenvalue weighted by molar-refractivity contribution is 0.0985. The molecule has 0 saturated carbocycles. The normalized spacial score (nSPS) is 11.5. The monoisotopic (exact) mass is 424 g/mol. The molecule has 1 amide bonds. The lowest BCUT2D eigenvalue weighted by Gasteiger charge is -2.24. The zero-order valence-electron chi connectivity index (χ0n) is 19.0. The van der Waals surface area contributed by atoms with Gasteiger partial charge in [-0.05, 0) is 65.3 Å². The Morgan fingerprint density at radius 2 is 1.59 bits per heavy atom. The topological polar surface area (TPSA) is 53.2 Å². The second kappa shape index (κ2) is 8.46. The first-order valence-corrected chi connectivity index (χ1v) is 10.8. The zero-order chi connectivity index (χ0) is 22.9. The molecule has 4 nitrogen and oxygen atoms in total. The number of pyridine rings is 1. The minimum absolute atomic E-state index is 0.0113. The molecule has 0 bridgehead atoms. The third kappa shape index (κ3) is 4.50. The van der Waals surface area contributed by atoms with E-state index in [1.807, 2.05) is 85.8 Å². The van der Waals surface area contributed by atoms with Crippen molar-refractivity contribution in [1.82, 2.24) is 4.98 Å². The number of fused-ring (bicyclic) bond motifs is 1. The summed E-state index contributed by atoms with van der Waals surface area (Å²) in [6.45, 7) is 8.62. The number of aromatic amines is 1. The average molecular weight is 425 g/mol. The average Bonchev–Trinajstić information content (AvgIpc) is 2.77. The van der Waals surface area contributed by atoms with Gasteiger partial charge in [-0.15, -0.1) is 0 Å². The highest BCUT2D eigenvalue weighted by Crippen LogP contribution is 2.24. The molecule has 0 radical (unpaired) electrons. The molecule has 4 rings (SSSR count). The van der Waals surface area contributed by atoms with Gasteiger partial charge < -0.3 is 9.88 Å². The lowest BCUT2D eigenvalue weighted by Crippen LogP contribution is -2.33. The quantitative estimate of drug-likeness (QED) is 0.438. The fourth-order valence-electron chi connectivity index (χ4n) is 3.80. The molecule has 0 aliphatic carbocycles. The minimum atomic E-state index is -0.181. The van der Waals surface area contributed by atoms with Crippen LogP contribution in [-0.2, 0) is 12.0 Å². The molecule has 1 aromatic heterocycles. The maximum Gasteiger partial charge on any atom is 0.258 e. The van der Waals surface area contributed by atoms with Crippen LogP contribution in [0.3, 0.4) is 0 Å². The van der Waals surface area contributed by atoms with Crippen LogP contribution in [0.15, 0.2) is 83.7 Å². The molecule has 4 aromatic rings. The van der Waals surface area contributed by atoms with Crippen molar-refractivity contribution < 1.29 is 4.79 Å². The Balaban J connectivity index is 1.73. The van der Waals surface area contributed by atoms with Crippen molar-refractivity contribution in [2.75, 3.05) is 4.90 Å². The molecule has 1 N–H and O–H groups in total. The van der Waals surface area contributed by atoms with Crippen LogP contribution >= 0.6 is 0 Å². The van der Waals surface area contributed by atoms with E-state index in [4.69, 9.17) is 0 Å². The van der Waals surface area contributed by atoms with E-state index in [0.717, 1.165) is 22.2 Å². The van der Waals surface area contributed by atoms with Crippen LogP contribution in [0.5, 0.6) is 0 Å². The SMILES string of the molecule is Cc1ccc2cc(CN(C(=O)c3ccc(C(C)(C)C)cc3)c3ccccc3)c(=O)[nH]c2c1. The number of nitrogens with zero attached hydrogens (tertiary/aromatic N) is 1. The van der Waals surface area contributed by atoms with E-state index in [9.17, 15) is 9.59 Å². The van der Waals surface area contributed by atoms with Gasteiger partial charge in [0, 0.05) is 22.3 Å². The van der Waals surface area contributed by atoms with E-state index in [0.29, 0.717) is 11.1 Å². The van der Waals surface area contributed by atoms with Gasteiger partial charge in [-0.1, -0.05) is 63.2 Å². The van der Waals surface area contributed by atoms with Crippen molar-refractivity contribution in [1.29, 1.82) is 0 Å². The maximum absolute atomic E-state index is 13.5. The van der Waals surface area contributed by atoms with Gasteiger partial charge in [-0.3, -0.25) is 9.59 Å². The standard InChI is InChI=1S/C28H28N2O2/c1-19-10-11-21-17-22(26(31)29-25(21)16-19)18-30(24-8-6-5-7-9-24)27(32)20-12-14-23(15-13-20)28(2,3)4/h5-17H,18H2,1-4H3,(H,29,31). The molecule has 0 saturated heterocycles. The van der Waals surface area contributed by atoms with Crippen molar-refractivity contribution in [2.24, 2.45) is 0 Å². The van der Waals surface area contributed by atoms with E-state index < -0.39 is 0 Å². The predicted octanol–water partition coefficient (Wildman–Crippen LogP) is 5.98. The Bertz CT molecular complexity index is 1310. The number of rotatable bonds is 4. The predicted molar refractivity (Wildman–Crippen MR) is 131 cm³/mol. The van der Waals surface area contributed by atoms with Crippen LogP contribution in [-0.4, -0.2) is 10.9 Å². The van der Waals surface area contributed by atoms with E-state index in [-0.39, 0.29) is 23.4 Å². The number of benzene rings is 3. The lowest BCUT2D eigenvalue weighted by atomic mass is 9.86. The Morgan fingerprint density at radius 3 is 2.25 bits per heavy atom. The van der Waals surface area contributed by atoms with Crippen LogP contribution in [0.4, 0.5) is 5.69 Å². The van der Waals surface area contributed by atoms with E-state index in [1.54, 1.807) is 4.90 Å². The first-order valence-electron chi connectivity index (χ1n) is 10.8. The summed E-state index contributed by atoms with van der Waals surface area (Å²) in [5.74, 6) is -0.139. The van der Waals surface area contributed by atoms with Crippen molar-refractivity contribution in [2.45, 2.75) is 39.7 Å². The fraction of sp³-hybridized carbons (Fsp3) is 0.214. The summed E-state index contributed by atoms with van der Waals surface area (Å²) >= 11 is 0. The summed E-state index contributed by atoms with van der Waals surface area (Å²) in [4.78, 5) is 31.0. The molecule has 0 atom stereocenters. The number of hydrogen-bond donors (Lipinski definition) is 1. The zero-order valence-corrected chi connectivity index (χ0v) is 19.0. The summed E-state index contributed by atoms with van der Waals surface area (Å²) in [6.07, 6.45) is 0. The molecule has 3 aromatic carbocycles. The van der Waals surface area contributed by atoms with Gasteiger partial charge in [-0.25, -0.2) is 0 Å². The molecular formula is C28H28N2O2. The third-order valence-electron chi connectivity index (χ3n) is 5.72. The summed E-state index contributed by atoms with van der Waals surface area (Å²) in [7, 11) is 0. The van der Waals surface area contributed by atoms with Crippen molar-refractivity contribution in [3.05, 3.63) is 111 Å². The first-order chi connectivity index (χ1) is 15.2. The highest BCUT2D eigenvalue weighted by Gasteiger charge is 2.21. The smallest absolute Gasteiger partial charge is 0.258 e. The summed E-state index contributed by atoms with van der Waals surface area (Å²) in [5, 5.41) is 0.945. The Morgan fingerprint density at radius 1 is 0.906 bits per heavy atom. The number of H-pyrrole nitrogens is 1. The van der Waals surface area contributed by atoms with Gasteiger partial charge in [0.15, 0.2) is 0 Å². The van der Waals surface area contributed by atoms with Crippen LogP contribution < -0.4 is 10.5 Å². The van der Waals surface area contributed by atoms with Gasteiger partial charge in [-0.2, -0.15) is 0 Å². The molecule has 0 fully saturated rings. The molecule has 162 valence electrons. The molecule has 0 aliphatic heterocycles. The number of amides is 1. The molecule has 32 heavy (non-hydrogen) atoms. The first kappa shape index (κ1) is 21.6. The summed E-state index contributed by atoms with van der Waals surface area (Å²) in [5.41, 5.74) is 4.77. The largest absolute Gasteiger partial charge is 0.322 e. The molecule has 0 unspecified atom stereocenters. The Hall–Kier alpha value is -3.66. The number of hydrogen-bond acceptors (Lipinski definition) is 2. The molecule has 4 heteroatoms. The highest BCUT2D eigenvalue weighted by molar-refractivity contribution is 6.06. The van der Waals surface area contributed by atoms with E-state index in [2.05, 4.69) is 25.8 Å². The Kier molecular flexibility index (Phi) is 5.70. The number of nitrogens with one attached hydrogen (secondary N) is 1. The number of anilines is 1. The summed E-state index contributed by atoms with van der Waals surface area (Å²) < 4.78 is 0. The molecular weight excluding hydrogens is 396 g/mol. The van der Waals surface area contributed by atoms with Crippen molar-refractivity contribution >= 4 is 22.5 Å². The van der Waals surface area contributed by atoms with Gasteiger partial charge >= 0.3 is 0 Å². The second-order valence-corrected chi connectivity index (χ2v) is 9.27. The Labute approximate surface area is 188 Å². The highest BCUT2D eigenvalue weighted by atomic mass is 16.2. The van der Waals surface area contributed by atoms with Crippen LogP contribution in [0.25, 0.3) is 10.9 Å². The summed E-state index contributed by atoms with van der Waals surface area (Å²) in [6, 6.07) is 25.1. The number of para-hydroxylation sites is 1. The van der Waals surface area contributed by atoms with Crippen molar-refractivity contribution in [3.8, 4) is 0 Å². The van der Waals surface area contributed by atoms with Gasteiger partial charge in [0.1, 0.15) is 0 Å². The number of carbonyl (C=O) groups excluding carboxylic acids is 1. The van der Waals surface area contributed by atoms with Gasteiger partial charge in [0.25, 0.3) is 11.5 Å². The molecule has 1 heterocycles. The fourth-order valence-corrected chi connectivity index (χ4v) is 3.80. The number of carbonyl (C=O) groups is 1. The van der Waals surface area contributed by atoms with Crippen LogP contribution in [0.2, 0.25) is 0 Å². The van der Waals surface area contributed by atoms with E-state index >= 15 is 0 Å². The molecule has 0 aliphatic rings. The second-order valence-electron chi connectivity index (χ2n) is 9.27. The van der Waals surface area contributed by atoms with E-state index in [1.165, 1.54) is 5.56 Å². The third-order valence-corrected chi connectivity index (χ3v) is 5.72. The van der Waals surface area contributed by atoms with Crippen LogP contribution in [0, 0.1) is 6.92 Å². The molecule has 0 spiro atoms. The van der Waals surface area contributed by atoms with Gasteiger partial charge in [0.05, 0.1) is 6.54 Å². The van der Waals surface area contributed by atoms with Gasteiger partial charge in [0.2, 0.25) is 0 Å². The number of aromatic nitrogens is 1.